The number of carboxylic acids is 1. The molecule has 1 amide bonds. The van der Waals surface area contributed by atoms with Gasteiger partial charge in [0.1, 0.15) is 0 Å². The molecule has 0 aromatic heterocycles. The van der Waals surface area contributed by atoms with Crippen LogP contribution in [0.4, 0.5) is 0 Å². The fourth-order valence-corrected chi connectivity index (χ4v) is 1.89. The van der Waals surface area contributed by atoms with Crippen molar-refractivity contribution in [2.75, 3.05) is 13.1 Å². The van der Waals surface area contributed by atoms with Crippen LogP contribution in [0.15, 0.2) is 0 Å². The minimum absolute atomic E-state index is 0.110. The Morgan fingerprint density at radius 1 is 1.47 bits per heavy atom. The van der Waals surface area contributed by atoms with Gasteiger partial charge in [0.25, 0.3) is 0 Å². The molecule has 0 radical (unpaired) electrons. The molecule has 1 aliphatic carbocycles. The van der Waals surface area contributed by atoms with Gasteiger partial charge in [-0.15, -0.1) is 0 Å². The topological polar surface area (TPSA) is 81.4 Å². The van der Waals surface area contributed by atoms with Gasteiger partial charge in [-0.1, -0.05) is 13.8 Å². The van der Waals surface area contributed by atoms with Gasteiger partial charge in [-0.2, -0.15) is 5.26 Å². The normalized spacial score (nSPS) is 22.0. The number of hydrogen-bond donors (Lipinski definition) is 1. The van der Waals surface area contributed by atoms with Crippen LogP contribution in [0.25, 0.3) is 0 Å². The molecule has 0 bridgehead atoms. The van der Waals surface area contributed by atoms with Gasteiger partial charge in [-0.25, -0.2) is 0 Å². The molecule has 1 aliphatic rings. The van der Waals surface area contributed by atoms with Crippen molar-refractivity contribution in [1.29, 1.82) is 5.26 Å². The Kier molecular flexibility index (Phi) is 4.50. The quantitative estimate of drug-likeness (QED) is 0.751. The van der Waals surface area contributed by atoms with Crippen LogP contribution in [-0.4, -0.2) is 35.0 Å². The van der Waals surface area contributed by atoms with E-state index in [1.165, 1.54) is 0 Å². The summed E-state index contributed by atoms with van der Waals surface area (Å²) in [5.41, 5.74) is 0. The van der Waals surface area contributed by atoms with E-state index in [1.54, 1.807) is 4.90 Å². The molecule has 17 heavy (non-hydrogen) atoms. The summed E-state index contributed by atoms with van der Waals surface area (Å²) in [6.45, 7) is 4.97. The monoisotopic (exact) mass is 238 g/mol. The predicted octanol–water partition coefficient (Wildman–Crippen LogP) is 1.11. The second-order valence-corrected chi connectivity index (χ2v) is 4.87. The van der Waals surface area contributed by atoms with Crippen LogP contribution in [0, 0.1) is 29.1 Å². The number of hydrogen-bond acceptors (Lipinski definition) is 3. The van der Waals surface area contributed by atoms with Gasteiger partial charge in [0, 0.05) is 13.1 Å². The van der Waals surface area contributed by atoms with Crippen molar-refractivity contribution in [3.8, 4) is 6.07 Å². The highest BCUT2D eigenvalue weighted by Crippen LogP contribution is 2.40. The molecule has 5 nitrogen and oxygen atoms in total. The van der Waals surface area contributed by atoms with E-state index >= 15 is 0 Å². The van der Waals surface area contributed by atoms with Crippen LogP contribution in [0.1, 0.15) is 26.7 Å². The summed E-state index contributed by atoms with van der Waals surface area (Å²) in [6, 6.07) is 2.01. The molecule has 0 aliphatic heterocycles. The van der Waals surface area contributed by atoms with E-state index in [0.717, 1.165) is 0 Å². The maximum absolute atomic E-state index is 12.0. The first kappa shape index (κ1) is 13.5. The van der Waals surface area contributed by atoms with Crippen molar-refractivity contribution in [2.45, 2.75) is 26.7 Å². The third kappa shape index (κ3) is 3.74. The minimum atomic E-state index is -0.895. The molecule has 0 aromatic carbocycles. The van der Waals surface area contributed by atoms with Crippen LogP contribution in [0.2, 0.25) is 0 Å². The summed E-state index contributed by atoms with van der Waals surface area (Å²) < 4.78 is 0. The number of nitriles is 1. The Morgan fingerprint density at radius 3 is 2.53 bits per heavy atom. The molecule has 1 N–H and O–H groups in total. The number of carboxylic acid groups (broad SMARTS) is 1. The Morgan fingerprint density at radius 2 is 2.12 bits per heavy atom. The lowest BCUT2D eigenvalue weighted by atomic mass is 10.2. The zero-order valence-corrected chi connectivity index (χ0v) is 10.2. The van der Waals surface area contributed by atoms with Crippen molar-refractivity contribution in [1.82, 2.24) is 4.90 Å². The second kappa shape index (κ2) is 5.67. The summed E-state index contributed by atoms with van der Waals surface area (Å²) in [5.74, 6) is -1.57. The van der Waals surface area contributed by atoms with Crippen LogP contribution < -0.4 is 0 Å². The van der Waals surface area contributed by atoms with E-state index in [0.29, 0.717) is 31.8 Å². The molecule has 5 heteroatoms. The van der Waals surface area contributed by atoms with E-state index in [9.17, 15) is 9.59 Å². The average molecular weight is 238 g/mol. The molecule has 0 heterocycles. The van der Waals surface area contributed by atoms with Crippen LogP contribution >= 0.6 is 0 Å². The zero-order valence-electron chi connectivity index (χ0n) is 10.2. The lowest BCUT2D eigenvalue weighted by Crippen LogP contribution is -2.36. The van der Waals surface area contributed by atoms with Crippen LogP contribution in [0.3, 0.4) is 0 Å². The Labute approximate surface area is 101 Å². The molecule has 2 atom stereocenters. The van der Waals surface area contributed by atoms with E-state index in [2.05, 4.69) is 0 Å². The number of amides is 1. The third-order valence-corrected chi connectivity index (χ3v) is 2.82. The van der Waals surface area contributed by atoms with Crippen molar-refractivity contribution in [3.05, 3.63) is 0 Å². The van der Waals surface area contributed by atoms with E-state index < -0.39 is 11.9 Å². The predicted molar refractivity (Wildman–Crippen MR) is 60.9 cm³/mol. The maximum atomic E-state index is 12.0. The summed E-state index contributed by atoms with van der Waals surface area (Å²) in [4.78, 5) is 24.4. The summed E-state index contributed by atoms with van der Waals surface area (Å²) in [5, 5.41) is 17.3. The van der Waals surface area contributed by atoms with Crippen molar-refractivity contribution >= 4 is 11.9 Å². The molecule has 1 rings (SSSR count). The van der Waals surface area contributed by atoms with Crippen molar-refractivity contribution < 1.29 is 14.7 Å². The van der Waals surface area contributed by atoms with Gasteiger partial charge in [-0.05, 0) is 12.3 Å². The first-order chi connectivity index (χ1) is 7.97. The summed E-state index contributed by atoms with van der Waals surface area (Å²) in [6.07, 6.45) is 0.734. The van der Waals surface area contributed by atoms with Crippen LogP contribution in [-0.2, 0) is 9.59 Å². The van der Waals surface area contributed by atoms with Crippen molar-refractivity contribution in [2.24, 2.45) is 17.8 Å². The van der Waals surface area contributed by atoms with Gasteiger partial charge in [0.05, 0.1) is 24.3 Å². The van der Waals surface area contributed by atoms with Crippen LogP contribution in [0.5, 0.6) is 0 Å². The third-order valence-electron chi connectivity index (χ3n) is 2.82. The SMILES string of the molecule is CC(C)CN(CCC#N)C(=O)[C@@H]1C[C@@H]1C(=O)O. The number of aliphatic carboxylic acids is 1. The molecule has 94 valence electrons. The van der Waals surface area contributed by atoms with Gasteiger partial charge >= 0.3 is 5.97 Å². The fourth-order valence-electron chi connectivity index (χ4n) is 1.89. The van der Waals surface area contributed by atoms with E-state index in [4.69, 9.17) is 10.4 Å². The van der Waals surface area contributed by atoms with E-state index in [1.807, 2.05) is 19.9 Å². The van der Waals surface area contributed by atoms with Crippen molar-refractivity contribution in [3.63, 3.8) is 0 Å². The smallest absolute Gasteiger partial charge is 0.307 e. The molecule has 1 fully saturated rings. The minimum Gasteiger partial charge on any atom is -0.481 e. The lowest BCUT2D eigenvalue weighted by Gasteiger charge is -2.23. The summed E-state index contributed by atoms with van der Waals surface area (Å²) >= 11 is 0. The lowest BCUT2D eigenvalue weighted by molar-refractivity contribution is -0.142. The Hall–Kier alpha value is -1.57. The maximum Gasteiger partial charge on any atom is 0.307 e. The van der Waals surface area contributed by atoms with Gasteiger partial charge in [0.2, 0.25) is 5.91 Å². The summed E-state index contributed by atoms with van der Waals surface area (Å²) in [7, 11) is 0. The Balaban J connectivity index is 2.55. The zero-order chi connectivity index (χ0) is 13.0. The molecule has 1 saturated carbocycles. The molecule has 0 saturated heterocycles. The largest absolute Gasteiger partial charge is 0.481 e. The first-order valence-corrected chi connectivity index (χ1v) is 5.86. The number of rotatable bonds is 6. The average Bonchev–Trinajstić information content (AvgIpc) is 3.02. The highest BCUT2D eigenvalue weighted by Gasteiger charge is 2.49. The number of carbonyl (C=O) groups excluding carboxylic acids is 1. The molecular weight excluding hydrogens is 220 g/mol. The molecule has 0 spiro atoms. The number of carbonyl (C=O) groups is 2. The highest BCUT2D eigenvalue weighted by molar-refractivity contribution is 5.89. The number of nitrogens with zero attached hydrogens (tertiary/aromatic N) is 2. The second-order valence-electron chi connectivity index (χ2n) is 4.87. The highest BCUT2D eigenvalue weighted by atomic mass is 16.4. The fraction of sp³-hybridized carbons (Fsp3) is 0.750. The standard InChI is InChI=1S/C12H18N2O3/c1-8(2)7-14(5-3-4-13)11(15)9-6-10(9)12(16)17/h8-10H,3,5-7H2,1-2H3,(H,16,17)/t9-,10+/m1/s1. The molecule has 0 unspecified atom stereocenters. The molecule has 0 aromatic rings. The van der Waals surface area contributed by atoms with E-state index in [-0.39, 0.29) is 11.8 Å². The van der Waals surface area contributed by atoms with Gasteiger partial charge in [0.15, 0.2) is 0 Å². The van der Waals surface area contributed by atoms with Gasteiger partial charge in [-0.3, -0.25) is 9.59 Å². The Bertz CT molecular complexity index is 346. The first-order valence-electron chi connectivity index (χ1n) is 5.86. The van der Waals surface area contributed by atoms with Gasteiger partial charge < -0.3 is 10.0 Å². The molecular formula is C12H18N2O3.